The van der Waals surface area contributed by atoms with Gasteiger partial charge in [-0.1, -0.05) is 34.3 Å². The molecule has 0 saturated heterocycles. The van der Waals surface area contributed by atoms with Crippen molar-refractivity contribution in [1.29, 1.82) is 0 Å². The van der Waals surface area contributed by atoms with E-state index in [0.717, 1.165) is 32.4 Å². The molecule has 0 aliphatic heterocycles. The van der Waals surface area contributed by atoms with Gasteiger partial charge in [-0.15, -0.1) is 0 Å². The van der Waals surface area contributed by atoms with Crippen molar-refractivity contribution in [3.05, 3.63) is 44.0 Å². The number of anilines is 1. The number of thiazole rings is 2. The molecule has 0 amide bonds. The Morgan fingerprint density at radius 1 is 1.44 bits per heavy atom. The fourth-order valence-electron chi connectivity index (χ4n) is 1.55. The monoisotopic (exact) mass is 297 g/mol. The Hall–Kier alpha value is -1.37. The zero-order chi connectivity index (χ0) is 12.5. The van der Waals surface area contributed by atoms with E-state index in [0.29, 0.717) is 11.6 Å². The van der Waals surface area contributed by atoms with Crippen LogP contribution in [0.5, 0.6) is 0 Å². The molecule has 3 rings (SSSR count). The Bertz CT molecular complexity index is 746. The molecule has 0 spiro atoms. The summed E-state index contributed by atoms with van der Waals surface area (Å²) in [5, 5.41) is 6.52. The summed E-state index contributed by atoms with van der Waals surface area (Å²) in [6.07, 6.45) is 0. The van der Waals surface area contributed by atoms with Crippen molar-refractivity contribution in [3.8, 4) is 0 Å². The van der Waals surface area contributed by atoms with Gasteiger partial charge in [-0.25, -0.2) is 4.98 Å². The fourth-order valence-corrected chi connectivity index (χ4v) is 3.26. The minimum Gasteiger partial charge on any atom is -0.356 e. The molecule has 0 radical (unpaired) electrons. The minimum atomic E-state index is -0.0390. The summed E-state index contributed by atoms with van der Waals surface area (Å²) in [6, 6.07) is 5.61. The zero-order valence-corrected chi connectivity index (χ0v) is 11.5. The molecule has 0 aliphatic carbocycles. The van der Waals surface area contributed by atoms with Gasteiger partial charge in [0.2, 0.25) is 0 Å². The van der Waals surface area contributed by atoms with E-state index in [1.54, 1.807) is 16.7 Å². The Kier molecular flexibility index (Phi) is 3.07. The van der Waals surface area contributed by atoms with Crippen LogP contribution >= 0.6 is 34.3 Å². The predicted octanol–water partition coefficient (Wildman–Crippen LogP) is 3.31. The lowest BCUT2D eigenvalue weighted by Crippen LogP contribution is -2.02. The molecule has 2 N–H and O–H groups in total. The lowest BCUT2D eigenvalue weighted by atomic mass is 10.3. The van der Waals surface area contributed by atoms with Crippen LogP contribution in [0, 0.1) is 0 Å². The Balaban J connectivity index is 1.80. The quantitative estimate of drug-likeness (QED) is 0.780. The predicted molar refractivity (Wildman–Crippen MR) is 76.9 cm³/mol. The number of aromatic nitrogens is 2. The molecular formula is C11H8ClN3OS2. The van der Waals surface area contributed by atoms with Crippen LogP contribution in [-0.2, 0) is 6.54 Å². The first-order valence-electron chi connectivity index (χ1n) is 5.17. The van der Waals surface area contributed by atoms with Crippen molar-refractivity contribution in [1.82, 2.24) is 9.97 Å². The van der Waals surface area contributed by atoms with E-state index in [2.05, 4.69) is 15.3 Å². The van der Waals surface area contributed by atoms with Gasteiger partial charge in [-0.05, 0) is 18.2 Å². The van der Waals surface area contributed by atoms with Gasteiger partial charge in [-0.3, -0.25) is 4.79 Å². The second-order valence-corrected chi connectivity index (χ2v) is 5.97. The summed E-state index contributed by atoms with van der Waals surface area (Å²) in [7, 11) is 0. The fraction of sp³-hybridized carbons (Fsp3) is 0.0909. The van der Waals surface area contributed by atoms with E-state index in [-0.39, 0.29) is 4.87 Å². The highest BCUT2D eigenvalue weighted by Crippen LogP contribution is 2.28. The molecule has 1 aromatic carbocycles. The van der Waals surface area contributed by atoms with Crippen LogP contribution in [0.25, 0.3) is 10.2 Å². The number of hydrogen-bond donors (Lipinski definition) is 2. The molecule has 4 nitrogen and oxygen atoms in total. The summed E-state index contributed by atoms with van der Waals surface area (Å²) in [4.78, 5) is 18.1. The lowest BCUT2D eigenvalue weighted by Gasteiger charge is -1.97. The summed E-state index contributed by atoms with van der Waals surface area (Å²) in [6.45, 7) is 0.562. The number of hydrogen-bond acceptors (Lipinski definition) is 5. The van der Waals surface area contributed by atoms with Crippen molar-refractivity contribution >= 4 is 49.6 Å². The summed E-state index contributed by atoms with van der Waals surface area (Å²) in [5.41, 5.74) is 1.79. The summed E-state index contributed by atoms with van der Waals surface area (Å²) in [5.74, 6) is 0. The van der Waals surface area contributed by atoms with Gasteiger partial charge >= 0.3 is 4.87 Å². The van der Waals surface area contributed by atoms with Gasteiger partial charge < -0.3 is 10.3 Å². The summed E-state index contributed by atoms with van der Waals surface area (Å²) >= 11 is 8.63. The standard InChI is InChI=1S/C11H8ClN3OS2/c12-6-1-2-8-9(3-6)18-10(15-8)13-4-7-5-17-11(16)14-7/h1-3,5H,4H2,(H,13,15)(H,14,16). The van der Waals surface area contributed by atoms with Crippen LogP contribution in [0.2, 0.25) is 5.02 Å². The molecule has 2 aromatic heterocycles. The first kappa shape index (κ1) is 11.7. The number of aromatic amines is 1. The molecule has 0 unspecified atom stereocenters. The van der Waals surface area contributed by atoms with E-state index >= 15 is 0 Å². The number of nitrogens with one attached hydrogen (secondary N) is 2. The number of rotatable bonds is 3. The van der Waals surface area contributed by atoms with Crippen molar-refractivity contribution in [2.75, 3.05) is 5.32 Å². The molecule has 92 valence electrons. The average molecular weight is 298 g/mol. The third-order valence-electron chi connectivity index (χ3n) is 2.35. The first-order valence-corrected chi connectivity index (χ1v) is 7.25. The van der Waals surface area contributed by atoms with E-state index in [4.69, 9.17) is 11.6 Å². The van der Waals surface area contributed by atoms with Gasteiger partial charge in [0.15, 0.2) is 5.13 Å². The van der Waals surface area contributed by atoms with Crippen LogP contribution in [0.1, 0.15) is 5.69 Å². The second-order valence-electron chi connectivity index (χ2n) is 3.66. The molecule has 0 saturated carbocycles. The van der Waals surface area contributed by atoms with E-state index < -0.39 is 0 Å². The van der Waals surface area contributed by atoms with Crippen LogP contribution in [-0.4, -0.2) is 9.97 Å². The maximum atomic E-state index is 11.0. The third-order valence-corrected chi connectivity index (χ3v) is 4.28. The highest BCUT2D eigenvalue weighted by molar-refractivity contribution is 7.22. The molecule has 0 bridgehead atoms. The molecule has 3 aromatic rings. The van der Waals surface area contributed by atoms with Crippen molar-refractivity contribution in [3.63, 3.8) is 0 Å². The first-order chi connectivity index (χ1) is 8.70. The van der Waals surface area contributed by atoms with Crippen molar-refractivity contribution in [2.24, 2.45) is 0 Å². The minimum absolute atomic E-state index is 0.0390. The van der Waals surface area contributed by atoms with Gasteiger partial charge in [-0.2, -0.15) is 0 Å². The van der Waals surface area contributed by atoms with E-state index in [1.165, 1.54) is 0 Å². The Morgan fingerprint density at radius 2 is 2.33 bits per heavy atom. The molecule has 0 atom stereocenters. The highest BCUT2D eigenvalue weighted by Gasteiger charge is 2.04. The van der Waals surface area contributed by atoms with Gasteiger partial charge in [0, 0.05) is 16.1 Å². The Labute approximate surface area is 115 Å². The van der Waals surface area contributed by atoms with Crippen LogP contribution in [0.15, 0.2) is 28.4 Å². The zero-order valence-electron chi connectivity index (χ0n) is 9.07. The number of H-pyrrole nitrogens is 1. The molecule has 0 fully saturated rings. The van der Waals surface area contributed by atoms with Gasteiger partial charge in [0.1, 0.15) is 0 Å². The molecule has 2 heterocycles. The van der Waals surface area contributed by atoms with Crippen LogP contribution in [0.3, 0.4) is 0 Å². The largest absolute Gasteiger partial charge is 0.356 e. The number of nitrogens with zero attached hydrogens (tertiary/aromatic N) is 1. The number of halogens is 1. The maximum absolute atomic E-state index is 11.0. The molecule has 18 heavy (non-hydrogen) atoms. The number of benzene rings is 1. The summed E-state index contributed by atoms with van der Waals surface area (Å²) < 4.78 is 1.05. The lowest BCUT2D eigenvalue weighted by molar-refractivity contribution is 1.05. The van der Waals surface area contributed by atoms with Gasteiger partial charge in [0.05, 0.1) is 16.8 Å². The maximum Gasteiger partial charge on any atom is 0.304 e. The SMILES string of the molecule is O=c1[nH]c(CNc2nc3ccc(Cl)cc3s2)cs1. The topological polar surface area (TPSA) is 57.8 Å². The smallest absolute Gasteiger partial charge is 0.304 e. The van der Waals surface area contributed by atoms with Crippen molar-refractivity contribution < 1.29 is 0 Å². The second kappa shape index (κ2) is 4.72. The van der Waals surface area contributed by atoms with Crippen molar-refractivity contribution in [2.45, 2.75) is 6.54 Å². The normalized spacial score (nSPS) is 10.9. The van der Waals surface area contributed by atoms with Crippen LogP contribution in [0.4, 0.5) is 5.13 Å². The Morgan fingerprint density at radius 3 is 3.11 bits per heavy atom. The molecule has 0 aliphatic rings. The highest BCUT2D eigenvalue weighted by atomic mass is 35.5. The average Bonchev–Trinajstić information content (AvgIpc) is 2.92. The van der Waals surface area contributed by atoms with Gasteiger partial charge in [0.25, 0.3) is 0 Å². The molecular weight excluding hydrogens is 290 g/mol. The third kappa shape index (κ3) is 2.40. The van der Waals surface area contributed by atoms with E-state index in [9.17, 15) is 4.79 Å². The van der Waals surface area contributed by atoms with E-state index in [1.807, 2.05) is 18.2 Å². The van der Waals surface area contributed by atoms with Crippen LogP contribution < -0.4 is 10.2 Å². The molecule has 7 heteroatoms. The number of fused-ring (bicyclic) bond motifs is 1.